The van der Waals surface area contributed by atoms with Crippen LogP contribution in [0.3, 0.4) is 0 Å². The third-order valence-corrected chi connectivity index (χ3v) is 4.87. The van der Waals surface area contributed by atoms with Crippen molar-refractivity contribution < 1.29 is 9.59 Å². The Morgan fingerprint density at radius 2 is 1.96 bits per heavy atom. The predicted molar refractivity (Wildman–Crippen MR) is 117 cm³/mol. The quantitative estimate of drug-likeness (QED) is 0.323. The van der Waals surface area contributed by atoms with Gasteiger partial charge in [-0.3, -0.25) is 9.78 Å². The third-order valence-electron chi connectivity index (χ3n) is 4.87. The molecule has 4 heteroatoms. The standard InChI is InChI=1S/C24H38N2O2/c1-7-9-11-20(23(28)25-14-10-15-27)17-21-16-19(12-13-24(4,5)6)22(8-2)26-18(21)3/h15-17H,7-14H2,1-6H3,(H,25,28)/b20-17+. The van der Waals surface area contributed by atoms with Gasteiger partial charge < -0.3 is 10.1 Å². The molecule has 0 bridgehead atoms. The molecule has 1 amide bonds. The van der Waals surface area contributed by atoms with Crippen LogP contribution < -0.4 is 5.32 Å². The largest absolute Gasteiger partial charge is 0.352 e. The number of aromatic nitrogens is 1. The van der Waals surface area contributed by atoms with Crippen molar-refractivity contribution in [1.29, 1.82) is 0 Å². The van der Waals surface area contributed by atoms with Crippen LogP contribution in [0.2, 0.25) is 0 Å². The van der Waals surface area contributed by atoms with Crippen molar-refractivity contribution >= 4 is 18.3 Å². The van der Waals surface area contributed by atoms with E-state index >= 15 is 0 Å². The third kappa shape index (κ3) is 8.37. The molecule has 1 rings (SSSR count). The van der Waals surface area contributed by atoms with Crippen molar-refractivity contribution in [3.8, 4) is 0 Å². The van der Waals surface area contributed by atoms with E-state index in [1.165, 1.54) is 5.56 Å². The normalized spacial score (nSPS) is 12.1. The van der Waals surface area contributed by atoms with E-state index in [0.717, 1.165) is 67.3 Å². The van der Waals surface area contributed by atoms with Gasteiger partial charge >= 0.3 is 0 Å². The molecule has 1 N–H and O–H groups in total. The average molecular weight is 387 g/mol. The average Bonchev–Trinajstić information content (AvgIpc) is 2.64. The van der Waals surface area contributed by atoms with Crippen LogP contribution in [0.1, 0.15) is 89.2 Å². The number of aldehydes is 1. The number of nitrogens with one attached hydrogen (secondary N) is 1. The van der Waals surface area contributed by atoms with Crippen molar-refractivity contribution in [2.75, 3.05) is 6.54 Å². The molecular formula is C24H38N2O2. The van der Waals surface area contributed by atoms with Crippen molar-refractivity contribution in [2.24, 2.45) is 5.41 Å². The second-order valence-electron chi connectivity index (χ2n) is 8.67. The van der Waals surface area contributed by atoms with E-state index in [1.54, 1.807) is 0 Å². The van der Waals surface area contributed by atoms with Gasteiger partial charge in [0, 0.05) is 29.9 Å². The maximum absolute atomic E-state index is 12.6. The first-order valence-electron chi connectivity index (χ1n) is 10.6. The highest BCUT2D eigenvalue weighted by atomic mass is 16.1. The Labute approximate surface area is 171 Å². The number of unbranched alkanes of at least 4 members (excludes halogenated alkanes) is 1. The molecule has 0 atom stereocenters. The predicted octanol–water partition coefficient (Wildman–Crippen LogP) is 5.21. The summed E-state index contributed by atoms with van der Waals surface area (Å²) in [6.07, 6.45) is 8.90. The van der Waals surface area contributed by atoms with Gasteiger partial charge in [0.1, 0.15) is 6.29 Å². The molecule has 28 heavy (non-hydrogen) atoms. The summed E-state index contributed by atoms with van der Waals surface area (Å²) >= 11 is 0. The lowest BCUT2D eigenvalue weighted by Gasteiger charge is -2.19. The number of rotatable bonds is 11. The van der Waals surface area contributed by atoms with Gasteiger partial charge in [-0.05, 0) is 67.7 Å². The van der Waals surface area contributed by atoms with Gasteiger partial charge in [-0.25, -0.2) is 0 Å². The van der Waals surface area contributed by atoms with Crippen molar-refractivity contribution in [3.63, 3.8) is 0 Å². The van der Waals surface area contributed by atoms with Gasteiger partial charge in [-0.2, -0.15) is 0 Å². The van der Waals surface area contributed by atoms with E-state index in [0.29, 0.717) is 13.0 Å². The first-order chi connectivity index (χ1) is 13.2. The SMILES string of the molecule is CCCC/C(=C\c1cc(CCC(C)(C)C)c(CC)nc1C)C(=O)NCCC=O. The van der Waals surface area contributed by atoms with Gasteiger partial charge in [-0.15, -0.1) is 0 Å². The number of carbonyl (C=O) groups excluding carboxylic acids is 2. The highest BCUT2D eigenvalue weighted by Gasteiger charge is 2.15. The molecule has 0 aromatic carbocycles. The Morgan fingerprint density at radius 3 is 2.54 bits per heavy atom. The van der Waals surface area contributed by atoms with Crippen LogP contribution in [0.4, 0.5) is 0 Å². The number of aryl methyl sites for hydroxylation is 3. The second-order valence-corrected chi connectivity index (χ2v) is 8.67. The monoisotopic (exact) mass is 386 g/mol. The fourth-order valence-corrected chi connectivity index (χ4v) is 3.06. The van der Waals surface area contributed by atoms with Gasteiger partial charge in [-0.1, -0.05) is 41.0 Å². The van der Waals surface area contributed by atoms with E-state index < -0.39 is 0 Å². The Hall–Kier alpha value is -1.97. The maximum Gasteiger partial charge on any atom is 0.247 e. The molecule has 0 unspecified atom stereocenters. The molecule has 0 saturated carbocycles. The van der Waals surface area contributed by atoms with E-state index in [1.807, 2.05) is 13.0 Å². The van der Waals surface area contributed by atoms with Crippen LogP contribution in [0.5, 0.6) is 0 Å². The smallest absolute Gasteiger partial charge is 0.247 e. The summed E-state index contributed by atoms with van der Waals surface area (Å²) in [5, 5.41) is 2.86. The summed E-state index contributed by atoms with van der Waals surface area (Å²) in [4.78, 5) is 27.9. The van der Waals surface area contributed by atoms with Crippen molar-refractivity contribution in [2.45, 2.75) is 86.5 Å². The second kappa shape index (κ2) is 11.8. The van der Waals surface area contributed by atoms with Gasteiger partial charge in [0.15, 0.2) is 0 Å². The minimum atomic E-state index is -0.0782. The van der Waals surface area contributed by atoms with Crippen LogP contribution in [-0.4, -0.2) is 23.7 Å². The first kappa shape index (κ1) is 24.1. The zero-order chi connectivity index (χ0) is 21.2. The molecule has 0 aliphatic carbocycles. The number of pyridine rings is 1. The van der Waals surface area contributed by atoms with E-state index in [2.05, 4.69) is 46.0 Å². The highest BCUT2D eigenvalue weighted by Crippen LogP contribution is 2.25. The Balaban J connectivity index is 3.19. The van der Waals surface area contributed by atoms with Crippen LogP contribution in [0, 0.1) is 12.3 Å². The fourth-order valence-electron chi connectivity index (χ4n) is 3.06. The van der Waals surface area contributed by atoms with Crippen LogP contribution in [0.15, 0.2) is 11.6 Å². The summed E-state index contributed by atoms with van der Waals surface area (Å²) in [6, 6.07) is 2.22. The van der Waals surface area contributed by atoms with Crippen LogP contribution in [0.25, 0.3) is 6.08 Å². The van der Waals surface area contributed by atoms with Crippen LogP contribution in [-0.2, 0) is 22.4 Å². The molecule has 0 fully saturated rings. The zero-order valence-corrected chi connectivity index (χ0v) is 18.7. The summed E-state index contributed by atoms with van der Waals surface area (Å²) in [5.74, 6) is -0.0782. The molecule has 0 saturated heterocycles. The lowest BCUT2D eigenvalue weighted by Crippen LogP contribution is -2.26. The molecule has 156 valence electrons. The number of amides is 1. The lowest BCUT2D eigenvalue weighted by molar-refractivity contribution is -0.117. The molecule has 0 aliphatic heterocycles. The molecular weight excluding hydrogens is 348 g/mol. The van der Waals surface area contributed by atoms with Gasteiger partial charge in [0.2, 0.25) is 5.91 Å². The molecule has 0 spiro atoms. The molecule has 1 aromatic heterocycles. The van der Waals surface area contributed by atoms with Crippen molar-refractivity contribution in [3.05, 3.63) is 34.2 Å². The number of hydrogen-bond donors (Lipinski definition) is 1. The maximum atomic E-state index is 12.6. The number of carbonyl (C=O) groups is 2. The number of nitrogens with zero attached hydrogens (tertiary/aromatic N) is 1. The molecule has 1 aromatic rings. The molecule has 1 heterocycles. The Bertz CT molecular complexity index is 685. The summed E-state index contributed by atoms with van der Waals surface area (Å²) in [6.45, 7) is 13.4. The molecule has 0 aliphatic rings. The summed E-state index contributed by atoms with van der Waals surface area (Å²) < 4.78 is 0. The van der Waals surface area contributed by atoms with E-state index in [9.17, 15) is 9.59 Å². The summed E-state index contributed by atoms with van der Waals surface area (Å²) in [7, 11) is 0. The van der Waals surface area contributed by atoms with Gasteiger partial charge in [0.25, 0.3) is 0 Å². The Kier molecular flexibility index (Phi) is 10.1. The minimum absolute atomic E-state index is 0.0782. The van der Waals surface area contributed by atoms with Gasteiger partial charge in [0.05, 0.1) is 0 Å². The molecule has 0 radical (unpaired) electrons. The number of hydrogen-bond acceptors (Lipinski definition) is 3. The van der Waals surface area contributed by atoms with E-state index in [4.69, 9.17) is 4.98 Å². The first-order valence-corrected chi connectivity index (χ1v) is 10.6. The minimum Gasteiger partial charge on any atom is -0.352 e. The topological polar surface area (TPSA) is 59.1 Å². The zero-order valence-electron chi connectivity index (χ0n) is 18.7. The Morgan fingerprint density at radius 1 is 1.25 bits per heavy atom. The summed E-state index contributed by atoms with van der Waals surface area (Å²) in [5.41, 5.74) is 5.47. The lowest BCUT2D eigenvalue weighted by atomic mass is 9.87. The van der Waals surface area contributed by atoms with Crippen molar-refractivity contribution in [1.82, 2.24) is 10.3 Å². The highest BCUT2D eigenvalue weighted by molar-refractivity contribution is 5.98. The van der Waals surface area contributed by atoms with E-state index in [-0.39, 0.29) is 11.3 Å². The fraction of sp³-hybridized carbons (Fsp3) is 0.625. The van der Waals surface area contributed by atoms with Crippen LogP contribution >= 0.6 is 0 Å². The molecule has 4 nitrogen and oxygen atoms in total.